The summed E-state index contributed by atoms with van der Waals surface area (Å²) in [6.07, 6.45) is -6.06. The Balaban J connectivity index is 3.72. The fraction of sp³-hybridized carbons (Fsp3) is 0.250. The molecule has 0 radical (unpaired) electrons. The summed E-state index contributed by atoms with van der Waals surface area (Å²) in [5.41, 5.74) is 1.19. The van der Waals surface area contributed by atoms with Gasteiger partial charge in [0.15, 0.2) is 23.3 Å². The van der Waals surface area contributed by atoms with Gasteiger partial charge in [-0.25, -0.2) is 26.3 Å². The molecule has 10 heteroatoms. The summed E-state index contributed by atoms with van der Waals surface area (Å²) in [6, 6.07) is 0. The molecule has 102 valence electrons. The van der Waals surface area contributed by atoms with Crippen molar-refractivity contribution in [3.63, 3.8) is 0 Å². The van der Waals surface area contributed by atoms with Gasteiger partial charge in [0.25, 0.3) is 5.79 Å². The van der Waals surface area contributed by atoms with E-state index in [9.17, 15) is 39.5 Å². The molecular formula is C8H2F9N. The standard InChI is InChI=1S/C8H2F9N/c9-2-1(7(14,18)8(15,16)17)3(10)5(12)6(13)4(2)11/h18H2. The molecule has 0 aliphatic carbocycles. The Bertz CT molecular complexity index is 461. The normalized spacial score (nSPS) is 15.7. The minimum Gasteiger partial charge on any atom is -0.287 e. The monoisotopic (exact) mass is 283 g/mol. The first-order chi connectivity index (χ1) is 7.93. The highest BCUT2D eigenvalue weighted by Crippen LogP contribution is 2.41. The molecule has 0 aliphatic rings. The molecule has 1 nitrogen and oxygen atoms in total. The van der Waals surface area contributed by atoms with Crippen LogP contribution in [0.15, 0.2) is 0 Å². The van der Waals surface area contributed by atoms with Crippen molar-refractivity contribution in [1.82, 2.24) is 0 Å². The van der Waals surface area contributed by atoms with Crippen LogP contribution in [0.4, 0.5) is 39.5 Å². The van der Waals surface area contributed by atoms with Crippen molar-refractivity contribution in [2.75, 3.05) is 0 Å². The summed E-state index contributed by atoms with van der Waals surface area (Å²) < 4.78 is 113. The zero-order valence-electron chi connectivity index (χ0n) is 7.98. The lowest BCUT2D eigenvalue weighted by molar-refractivity contribution is -0.236. The van der Waals surface area contributed by atoms with Crippen LogP contribution in [0.3, 0.4) is 0 Å². The van der Waals surface area contributed by atoms with Gasteiger partial charge in [0.1, 0.15) is 0 Å². The molecule has 0 spiro atoms. The summed E-state index contributed by atoms with van der Waals surface area (Å²) in [6.45, 7) is 0. The first-order valence-electron chi connectivity index (χ1n) is 3.99. The van der Waals surface area contributed by atoms with Gasteiger partial charge in [0, 0.05) is 0 Å². The second kappa shape index (κ2) is 4.04. The van der Waals surface area contributed by atoms with Crippen LogP contribution in [0, 0.1) is 29.1 Å². The van der Waals surface area contributed by atoms with E-state index in [1.165, 1.54) is 0 Å². The molecule has 1 unspecified atom stereocenters. The second-order valence-electron chi connectivity index (χ2n) is 3.15. The number of hydrogen-bond acceptors (Lipinski definition) is 1. The van der Waals surface area contributed by atoms with Gasteiger partial charge in [-0.1, -0.05) is 0 Å². The molecule has 0 aromatic heterocycles. The molecule has 1 aromatic rings. The average molecular weight is 283 g/mol. The molecule has 1 atom stereocenters. The average Bonchev–Trinajstić information content (AvgIpc) is 2.22. The molecule has 0 amide bonds. The van der Waals surface area contributed by atoms with Gasteiger partial charge in [-0.15, -0.1) is 0 Å². The number of rotatable bonds is 1. The minimum absolute atomic E-state index is 2.72. The zero-order valence-corrected chi connectivity index (χ0v) is 7.98. The number of alkyl halides is 4. The molecule has 0 saturated heterocycles. The van der Waals surface area contributed by atoms with Gasteiger partial charge in [-0.05, 0) is 0 Å². The Kier molecular flexibility index (Phi) is 3.28. The maximum absolute atomic E-state index is 13.1. The largest absolute Gasteiger partial charge is 0.440 e. The van der Waals surface area contributed by atoms with Crippen LogP contribution in [0.2, 0.25) is 0 Å². The van der Waals surface area contributed by atoms with E-state index in [1.54, 1.807) is 0 Å². The fourth-order valence-electron chi connectivity index (χ4n) is 1.07. The van der Waals surface area contributed by atoms with E-state index in [1.807, 2.05) is 0 Å². The fourth-order valence-corrected chi connectivity index (χ4v) is 1.07. The highest BCUT2D eigenvalue weighted by molar-refractivity contribution is 5.30. The molecule has 0 aliphatic heterocycles. The third kappa shape index (κ3) is 1.89. The highest BCUT2D eigenvalue weighted by Gasteiger charge is 2.58. The van der Waals surface area contributed by atoms with Gasteiger partial charge in [-0.2, -0.15) is 13.2 Å². The molecule has 0 bridgehead atoms. The first kappa shape index (κ1) is 14.6. The maximum Gasteiger partial charge on any atom is 0.440 e. The molecule has 18 heavy (non-hydrogen) atoms. The number of hydrogen-bond donors (Lipinski definition) is 1. The lowest BCUT2D eigenvalue weighted by atomic mass is 10.0. The van der Waals surface area contributed by atoms with Crippen LogP contribution < -0.4 is 5.73 Å². The molecule has 0 heterocycles. The quantitative estimate of drug-likeness (QED) is 0.364. The summed E-state index contributed by atoms with van der Waals surface area (Å²) in [4.78, 5) is 0. The zero-order chi connectivity index (χ0) is 14.5. The van der Waals surface area contributed by atoms with Crippen LogP contribution in [0.5, 0.6) is 0 Å². The predicted octanol–water partition coefficient (Wildman–Crippen LogP) is 3.03. The topological polar surface area (TPSA) is 26.0 Å². The van der Waals surface area contributed by atoms with E-state index >= 15 is 0 Å². The van der Waals surface area contributed by atoms with Crippen molar-refractivity contribution in [2.45, 2.75) is 12.0 Å². The van der Waals surface area contributed by atoms with E-state index in [0.717, 1.165) is 0 Å². The number of halogens is 9. The molecule has 1 rings (SSSR count). The van der Waals surface area contributed by atoms with E-state index in [2.05, 4.69) is 5.73 Å². The van der Waals surface area contributed by atoms with Crippen LogP contribution in [-0.2, 0) is 5.79 Å². The lowest BCUT2D eigenvalue weighted by Gasteiger charge is -2.24. The molecule has 2 N–H and O–H groups in total. The summed E-state index contributed by atoms with van der Waals surface area (Å²) in [7, 11) is 0. The lowest BCUT2D eigenvalue weighted by Crippen LogP contribution is -2.48. The highest BCUT2D eigenvalue weighted by atomic mass is 19.4. The Morgan fingerprint density at radius 2 is 0.889 bits per heavy atom. The molecule has 0 fully saturated rings. The van der Waals surface area contributed by atoms with Crippen molar-refractivity contribution in [3.8, 4) is 0 Å². The summed E-state index contributed by atoms with van der Waals surface area (Å²) in [5.74, 6) is -19.3. The Morgan fingerprint density at radius 1 is 0.611 bits per heavy atom. The van der Waals surface area contributed by atoms with Gasteiger partial charge >= 0.3 is 6.18 Å². The number of nitrogens with two attached hydrogens (primary N) is 1. The van der Waals surface area contributed by atoms with Crippen LogP contribution >= 0.6 is 0 Å². The van der Waals surface area contributed by atoms with Crippen molar-refractivity contribution in [3.05, 3.63) is 34.6 Å². The van der Waals surface area contributed by atoms with Gasteiger partial charge in [-0.3, -0.25) is 5.73 Å². The van der Waals surface area contributed by atoms with Crippen LogP contribution in [-0.4, -0.2) is 6.18 Å². The minimum atomic E-state index is -6.06. The van der Waals surface area contributed by atoms with Gasteiger partial charge in [0.2, 0.25) is 5.82 Å². The predicted molar refractivity (Wildman–Crippen MR) is 39.3 cm³/mol. The first-order valence-corrected chi connectivity index (χ1v) is 3.99. The third-order valence-corrected chi connectivity index (χ3v) is 1.99. The maximum atomic E-state index is 13.1. The Labute approximate surface area is 93.0 Å². The van der Waals surface area contributed by atoms with Gasteiger partial charge < -0.3 is 0 Å². The Morgan fingerprint density at radius 3 is 1.17 bits per heavy atom. The molecule has 1 aromatic carbocycles. The van der Waals surface area contributed by atoms with E-state index in [4.69, 9.17) is 0 Å². The van der Waals surface area contributed by atoms with Crippen molar-refractivity contribution < 1.29 is 39.5 Å². The summed E-state index contributed by atoms with van der Waals surface area (Å²) >= 11 is 0. The van der Waals surface area contributed by atoms with Crippen molar-refractivity contribution in [1.29, 1.82) is 0 Å². The molecular weight excluding hydrogens is 281 g/mol. The third-order valence-electron chi connectivity index (χ3n) is 1.99. The van der Waals surface area contributed by atoms with Crippen molar-refractivity contribution in [2.24, 2.45) is 5.73 Å². The Hall–Kier alpha value is -1.45. The van der Waals surface area contributed by atoms with Gasteiger partial charge in [0.05, 0.1) is 5.56 Å². The number of benzene rings is 1. The summed E-state index contributed by atoms with van der Waals surface area (Å²) in [5, 5.41) is 0. The SMILES string of the molecule is NC(F)(c1c(F)c(F)c(F)c(F)c1F)C(F)(F)F. The smallest absolute Gasteiger partial charge is 0.287 e. The second-order valence-corrected chi connectivity index (χ2v) is 3.15. The van der Waals surface area contributed by atoms with Crippen molar-refractivity contribution >= 4 is 0 Å². The van der Waals surface area contributed by atoms with E-state index in [-0.39, 0.29) is 0 Å². The van der Waals surface area contributed by atoms with Crippen LogP contribution in [0.25, 0.3) is 0 Å². The molecule has 0 saturated carbocycles. The van der Waals surface area contributed by atoms with E-state index < -0.39 is 46.6 Å². The van der Waals surface area contributed by atoms with E-state index in [0.29, 0.717) is 0 Å². The van der Waals surface area contributed by atoms with Crippen LogP contribution in [0.1, 0.15) is 5.56 Å².